The number of carbonyl (C=O) groups excluding carboxylic acids is 1. The highest BCUT2D eigenvalue weighted by molar-refractivity contribution is 5.74. The van der Waals surface area contributed by atoms with Crippen molar-refractivity contribution in [3.05, 3.63) is 35.4 Å². The van der Waals surface area contributed by atoms with Crippen LogP contribution in [0.5, 0.6) is 0 Å². The number of piperazine rings is 1. The molecule has 4 heteroatoms. The fourth-order valence-electron chi connectivity index (χ4n) is 3.65. The minimum Gasteiger partial charge on any atom is -0.331 e. The summed E-state index contributed by atoms with van der Waals surface area (Å²) in [5.41, 5.74) is 2.82. The molecule has 2 rings (SSSR count). The van der Waals surface area contributed by atoms with Gasteiger partial charge in [-0.3, -0.25) is 4.90 Å². The fraction of sp³-hybridized carbons (Fsp3) is 0.650. The van der Waals surface area contributed by atoms with Gasteiger partial charge in [0.1, 0.15) is 0 Å². The Morgan fingerprint density at radius 2 is 1.79 bits per heavy atom. The summed E-state index contributed by atoms with van der Waals surface area (Å²) < 4.78 is 0. The number of nitrogens with zero attached hydrogens (tertiary/aromatic N) is 3. The lowest BCUT2D eigenvalue weighted by Gasteiger charge is -2.49. The van der Waals surface area contributed by atoms with Gasteiger partial charge in [-0.05, 0) is 37.8 Å². The van der Waals surface area contributed by atoms with Crippen molar-refractivity contribution in [3.8, 4) is 0 Å². The normalized spacial score (nSPS) is 19.7. The van der Waals surface area contributed by atoms with E-state index < -0.39 is 0 Å². The Bertz CT molecular complexity index is 574. The highest BCUT2D eigenvalue weighted by Gasteiger charge is 2.37. The molecule has 0 radical (unpaired) electrons. The Morgan fingerprint density at radius 3 is 2.33 bits per heavy atom. The molecule has 24 heavy (non-hydrogen) atoms. The van der Waals surface area contributed by atoms with Crippen molar-refractivity contribution in [2.45, 2.75) is 52.1 Å². The van der Waals surface area contributed by atoms with Gasteiger partial charge in [0.15, 0.2) is 0 Å². The predicted octanol–water partition coefficient (Wildman–Crippen LogP) is 3.95. The maximum Gasteiger partial charge on any atom is 0.319 e. The summed E-state index contributed by atoms with van der Waals surface area (Å²) in [5.74, 6) is 0.475. The van der Waals surface area contributed by atoms with E-state index in [1.807, 2.05) is 19.0 Å². The quantitative estimate of drug-likeness (QED) is 0.820. The van der Waals surface area contributed by atoms with Crippen molar-refractivity contribution >= 4 is 6.03 Å². The van der Waals surface area contributed by atoms with Gasteiger partial charge < -0.3 is 9.80 Å². The minimum absolute atomic E-state index is 0.0714. The summed E-state index contributed by atoms with van der Waals surface area (Å²) in [5, 5.41) is 0. The van der Waals surface area contributed by atoms with Crippen molar-refractivity contribution in [2.75, 3.05) is 33.7 Å². The molecular weight excluding hydrogens is 298 g/mol. The van der Waals surface area contributed by atoms with E-state index in [4.69, 9.17) is 0 Å². The summed E-state index contributed by atoms with van der Waals surface area (Å²) >= 11 is 0. The molecule has 1 fully saturated rings. The highest BCUT2D eigenvalue weighted by atomic mass is 16.2. The van der Waals surface area contributed by atoms with Crippen molar-refractivity contribution < 1.29 is 4.79 Å². The van der Waals surface area contributed by atoms with Crippen molar-refractivity contribution in [3.63, 3.8) is 0 Å². The van der Waals surface area contributed by atoms with Crippen LogP contribution in [0.1, 0.15) is 57.7 Å². The molecule has 1 aromatic rings. The molecule has 1 aliphatic rings. The van der Waals surface area contributed by atoms with Crippen LogP contribution in [0.25, 0.3) is 0 Å². The van der Waals surface area contributed by atoms with Gasteiger partial charge in [0.25, 0.3) is 0 Å². The van der Waals surface area contributed by atoms with E-state index in [2.05, 4.69) is 63.8 Å². The molecule has 0 aliphatic carbocycles. The Hall–Kier alpha value is -1.55. The number of benzene rings is 1. The Balaban J connectivity index is 2.41. The van der Waals surface area contributed by atoms with Crippen LogP contribution in [0.4, 0.5) is 4.79 Å². The molecule has 1 aromatic carbocycles. The summed E-state index contributed by atoms with van der Waals surface area (Å²) in [7, 11) is 3.66. The van der Waals surface area contributed by atoms with Gasteiger partial charge in [-0.15, -0.1) is 0 Å². The summed E-state index contributed by atoms with van der Waals surface area (Å²) in [6.07, 6.45) is 0. The first-order chi connectivity index (χ1) is 11.1. The zero-order chi connectivity index (χ0) is 18.1. The van der Waals surface area contributed by atoms with E-state index in [0.717, 1.165) is 19.6 Å². The van der Waals surface area contributed by atoms with Crippen LogP contribution in [-0.2, 0) is 0 Å². The largest absolute Gasteiger partial charge is 0.331 e. The number of rotatable bonds is 2. The molecule has 1 unspecified atom stereocenters. The lowest BCUT2D eigenvalue weighted by Crippen LogP contribution is -2.57. The number of carbonyl (C=O) groups is 1. The first-order valence-corrected chi connectivity index (χ1v) is 8.94. The van der Waals surface area contributed by atoms with E-state index >= 15 is 0 Å². The zero-order valence-electron chi connectivity index (χ0n) is 16.3. The lowest BCUT2D eigenvalue weighted by atomic mass is 9.88. The molecule has 0 aromatic heterocycles. The Morgan fingerprint density at radius 1 is 1.17 bits per heavy atom. The summed E-state index contributed by atoms with van der Waals surface area (Å²) in [4.78, 5) is 18.7. The monoisotopic (exact) mass is 331 g/mol. The fourth-order valence-corrected chi connectivity index (χ4v) is 3.65. The third kappa shape index (κ3) is 3.92. The van der Waals surface area contributed by atoms with Crippen LogP contribution in [0.2, 0.25) is 0 Å². The maximum absolute atomic E-state index is 12.5. The van der Waals surface area contributed by atoms with Crippen LogP contribution in [0.3, 0.4) is 0 Å². The highest BCUT2D eigenvalue weighted by Crippen LogP contribution is 2.35. The summed E-state index contributed by atoms with van der Waals surface area (Å²) in [6, 6.07) is 9.05. The van der Waals surface area contributed by atoms with Gasteiger partial charge in [0.05, 0.1) is 6.04 Å². The molecule has 134 valence electrons. The smallest absolute Gasteiger partial charge is 0.319 e. The van der Waals surface area contributed by atoms with Crippen LogP contribution >= 0.6 is 0 Å². The number of urea groups is 1. The molecule has 1 atom stereocenters. The van der Waals surface area contributed by atoms with Gasteiger partial charge in [-0.2, -0.15) is 0 Å². The lowest BCUT2D eigenvalue weighted by molar-refractivity contribution is 0.0173. The second kappa shape index (κ2) is 7.14. The van der Waals surface area contributed by atoms with Crippen molar-refractivity contribution in [1.29, 1.82) is 0 Å². The topological polar surface area (TPSA) is 26.8 Å². The van der Waals surface area contributed by atoms with Crippen LogP contribution in [0, 0.1) is 0 Å². The van der Waals surface area contributed by atoms with Gasteiger partial charge in [0.2, 0.25) is 0 Å². The van der Waals surface area contributed by atoms with Crippen LogP contribution in [-0.4, -0.2) is 60.0 Å². The molecule has 1 heterocycles. The average molecular weight is 332 g/mol. The molecule has 4 nitrogen and oxygen atoms in total. The van der Waals surface area contributed by atoms with Crippen LogP contribution in [0.15, 0.2) is 24.3 Å². The third-order valence-corrected chi connectivity index (χ3v) is 4.87. The first-order valence-electron chi connectivity index (χ1n) is 8.94. The van der Waals surface area contributed by atoms with Gasteiger partial charge in [0, 0.05) is 39.3 Å². The predicted molar refractivity (Wildman–Crippen MR) is 100 cm³/mol. The molecule has 0 spiro atoms. The Labute approximate surface area is 147 Å². The second-order valence-corrected chi connectivity index (χ2v) is 8.29. The van der Waals surface area contributed by atoms with E-state index in [1.54, 1.807) is 4.90 Å². The van der Waals surface area contributed by atoms with E-state index in [-0.39, 0.29) is 17.6 Å². The minimum atomic E-state index is 0.0714. The van der Waals surface area contributed by atoms with Crippen molar-refractivity contribution in [1.82, 2.24) is 14.7 Å². The number of hydrogen-bond donors (Lipinski definition) is 0. The molecule has 0 N–H and O–H groups in total. The average Bonchev–Trinajstić information content (AvgIpc) is 2.52. The molecule has 1 saturated heterocycles. The summed E-state index contributed by atoms with van der Waals surface area (Å²) in [6.45, 7) is 13.7. The molecule has 1 aliphatic heterocycles. The van der Waals surface area contributed by atoms with Crippen LogP contribution < -0.4 is 0 Å². The maximum atomic E-state index is 12.5. The first kappa shape index (κ1) is 18.8. The van der Waals surface area contributed by atoms with E-state index in [9.17, 15) is 4.79 Å². The molecule has 0 bridgehead atoms. The standard InChI is InChI=1S/C20H33N3O/c1-15(2)16-10-8-9-11-17(16)18-14-22(19(24)21(6)7)12-13-23(18)20(3,4)5/h8-11,15,18H,12-14H2,1-7H3. The second-order valence-electron chi connectivity index (χ2n) is 8.29. The molecule has 0 saturated carbocycles. The van der Waals surface area contributed by atoms with Crippen molar-refractivity contribution in [2.24, 2.45) is 0 Å². The molecule has 2 amide bonds. The third-order valence-electron chi connectivity index (χ3n) is 4.87. The SMILES string of the molecule is CC(C)c1ccccc1C1CN(C(=O)N(C)C)CCN1C(C)(C)C. The number of amides is 2. The van der Waals surface area contributed by atoms with E-state index in [1.165, 1.54) is 11.1 Å². The molecular formula is C20H33N3O. The van der Waals surface area contributed by atoms with Gasteiger partial charge in [-0.25, -0.2) is 4.79 Å². The van der Waals surface area contributed by atoms with Gasteiger partial charge in [-0.1, -0.05) is 38.1 Å². The zero-order valence-corrected chi connectivity index (χ0v) is 16.3. The number of hydrogen-bond acceptors (Lipinski definition) is 2. The Kier molecular flexibility index (Phi) is 5.59. The van der Waals surface area contributed by atoms with Gasteiger partial charge >= 0.3 is 6.03 Å². The van der Waals surface area contributed by atoms with E-state index in [0.29, 0.717) is 5.92 Å².